The first-order chi connectivity index (χ1) is 8.60. The molecule has 0 aliphatic heterocycles. The Kier molecular flexibility index (Phi) is 3.76. The zero-order valence-electron chi connectivity index (χ0n) is 10.7. The van der Waals surface area contributed by atoms with E-state index in [2.05, 4.69) is 34.3 Å². The van der Waals surface area contributed by atoms with Gasteiger partial charge in [-0.05, 0) is 26.3 Å². The van der Waals surface area contributed by atoms with Gasteiger partial charge in [0.05, 0.1) is 17.0 Å². The van der Waals surface area contributed by atoms with Crippen molar-refractivity contribution in [2.24, 2.45) is 0 Å². The molecule has 6 heteroatoms. The average molecular weight is 264 g/mol. The monoisotopic (exact) mass is 264 g/mol. The summed E-state index contributed by atoms with van der Waals surface area (Å²) < 4.78 is 0. The van der Waals surface area contributed by atoms with E-state index in [9.17, 15) is 4.79 Å². The molecule has 2 heterocycles. The third-order valence-corrected chi connectivity index (χ3v) is 3.47. The molecule has 0 bridgehead atoms. The van der Waals surface area contributed by atoms with Gasteiger partial charge in [0, 0.05) is 11.4 Å². The van der Waals surface area contributed by atoms with E-state index in [-0.39, 0.29) is 5.56 Å². The van der Waals surface area contributed by atoms with Crippen molar-refractivity contribution in [3.8, 4) is 11.3 Å². The number of aromatic nitrogens is 3. The highest BCUT2D eigenvalue weighted by molar-refractivity contribution is 7.14. The molecule has 2 aromatic rings. The third kappa shape index (κ3) is 2.76. The lowest BCUT2D eigenvalue weighted by molar-refractivity contribution is 0.763. The number of hydrogen-bond acceptors (Lipinski definition) is 5. The average Bonchev–Trinajstić information content (AvgIpc) is 2.80. The molecular formula is C12H16N4OS. The van der Waals surface area contributed by atoms with Crippen molar-refractivity contribution < 1.29 is 0 Å². The van der Waals surface area contributed by atoms with E-state index in [1.807, 2.05) is 12.3 Å². The summed E-state index contributed by atoms with van der Waals surface area (Å²) in [5, 5.41) is 12.3. The fourth-order valence-electron chi connectivity index (χ4n) is 1.47. The first-order valence-corrected chi connectivity index (χ1v) is 6.77. The van der Waals surface area contributed by atoms with Crippen molar-refractivity contribution >= 4 is 16.5 Å². The Labute approximate surface area is 109 Å². The van der Waals surface area contributed by atoms with Gasteiger partial charge in [0.25, 0.3) is 5.56 Å². The molecule has 0 aliphatic rings. The van der Waals surface area contributed by atoms with Gasteiger partial charge in [-0.3, -0.25) is 4.79 Å². The van der Waals surface area contributed by atoms with E-state index in [4.69, 9.17) is 0 Å². The van der Waals surface area contributed by atoms with Crippen LogP contribution in [0.15, 0.2) is 16.2 Å². The molecule has 18 heavy (non-hydrogen) atoms. The van der Waals surface area contributed by atoms with E-state index >= 15 is 0 Å². The van der Waals surface area contributed by atoms with Gasteiger partial charge < -0.3 is 5.32 Å². The Morgan fingerprint density at radius 1 is 1.56 bits per heavy atom. The van der Waals surface area contributed by atoms with Crippen molar-refractivity contribution in [1.29, 1.82) is 0 Å². The smallest absolute Gasteiger partial charge is 0.273 e. The number of anilines is 1. The standard InChI is InChI=1S/C12H16N4OS/c1-4-7(2)13-12-14-10(6-18-12)9-5-8(3)15-16-11(9)17/h5-7H,4H2,1-3H3,(H,13,14)(H,16,17). The van der Waals surface area contributed by atoms with Crippen molar-refractivity contribution in [2.75, 3.05) is 5.32 Å². The maximum absolute atomic E-state index is 11.7. The van der Waals surface area contributed by atoms with Crippen LogP contribution in [0.4, 0.5) is 5.13 Å². The number of nitrogens with one attached hydrogen (secondary N) is 2. The SMILES string of the molecule is CCC(C)Nc1nc(-c2cc(C)n[nH]c2=O)cs1. The largest absolute Gasteiger partial charge is 0.359 e. The quantitative estimate of drug-likeness (QED) is 0.889. The number of aromatic amines is 1. The Morgan fingerprint density at radius 2 is 2.33 bits per heavy atom. The van der Waals surface area contributed by atoms with Crippen LogP contribution in [0.3, 0.4) is 0 Å². The van der Waals surface area contributed by atoms with E-state index in [0.29, 0.717) is 17.3 Å². The minimum atomic E-state index is -0.207. The van der Waals surface area contributed by atoms with Crippen molar-refractivity contribution in [3.63, 3.8) is 0 Å². The highest BCUT2D eigenvalue weighted by Gasteiger charge is 2.10. The van der Waals surface area contributed by atoms with Gasteiger partial charge >= 0.3 is 0 Å². The normalized spacial score (nSPS) is 12.4. The second-order valence-electron chi connectivity index (χ2n) is 4.24. The Hall–Kier alpha value is -1.69. The first kappa shape index (κ1) is 12.8. The summed E-state index contributed by atoms with van der Waals surface area (Å²) in [5.41, 5.74) is 1.82. The van der Waals surface area contributed by atoms with Crippen LogP contribution in [0.5, 0.6) is 0 Å². The second kappa shape index (κ2) is 5.30. The highest BCUT2D eigenvalue weighted by atomic mass is 32.1. The number of rotatable bonds is 4. The minimum Gasteiger partial charge on any atom is -0.359 e. The zero-order valence-corrected chi connectivity index (χ0v) is 11.5. The minimum absolute atomic E-state index is 0.207. The zero-order chi connectivity index (χ0) is 13.1. The summed E-state index contributed by atoms with van der Waals surface area (Å²) in [6, 6.07) is 2.13. The molecule has 1 unspecified atom stereocenters. The summed E-state index contributed by atoms with van der Waals surface area (Å²) in [7, 11) is 0. The molecule has 0 amide bonds. The predicted octanol–water partition coefficient (Wildman–Crippen LogP) is 2.41. The molecule has 5 nitrogen and oxygen atoms in total. The van der Waals surface area contributed by atoms with Gasteiger partial charge in [0.1, 0.15) is 0 Å². The fraction of sp³-hybridized carbons (Fsp3) is 0.417. The van der Waals surface area contributed by atoms with E-state index in [1.54, 1.807) is 6.07 Å². The van der Waals surface area contributed by atoms with Crippen molar-refractivity contribution in [3.05, 3.63) is 27.5 Å². The Morgan fingerprint density at radius 3 is 3.06 bits per heavy atom. The van der Waals surface area contributed by atoms with Crippen LogP contribution in [0.1, 0.15) is 26.0 Å². The molecule has 2 aromatic heterocycles. The summed E-state index contributed by atoms with van der Waals surface area (Å²) in [5.74, 6) is 0. The molecule has 0 fully saturated rings. The van der Waals surface area contributed by atoms with Gasteiger partial charge in [-0.15, -0.1) is 11.3 Å². The van der Waals surface area contributed by atoms with Crippen LogP contribution in [-0.2, 0) is 0 Å². The molecule has 2 N–H and O–H groups in total. The van der Waals surface area contributed by atoms with Gasteiger partial charge in [-0.2, -0.15) is 5.10 Å². The lowest BCUT2D eigenvalue weighted by atomic mass is 10.2. The topological polar surface area (TPSA) is 70.7 Å². The van der Waals surface area contributed by atoms with Crippen LogP contribution in [0, 0.1) is 6.92 Å². The summed E-state index contributed by atoms with van der Waals surface area (Å²) in [4.78, 5) is 16.1. The summed E-state index contributed by atoms with van der Waals surface area (Å²) in [6.07, 6.45) is 1.03. The molecule has 1 atom stereocenters. The van der Waals surface area contributed by atoms with Gasteiger partial charge in [-0.25, -0.2) is 10.1 Å². The van der Waals surface area contributed by atoms with Crippen LogP contribution in [0.2, 0.25) is 0 Å². The number of thiazole rings is 1. The molecule has 0 aromatic carbocycles. The lowest BCUT2D eigenvalue weighted by Gasteiger charge is -2.08. The maximum atomic E-state index is 11.7. The fourth-order valence-corrected chi connectivity index (χ4v) is 2.30. The number of H-pyrrole nitrogens is 1. The first-order valence-electron chi connectivity index (χ1n) is 5.89. The third-order valence-electron chi connectivity index (χ3n) is 2.69. The van der Waals surface area contributed by atoms with Crippen LogP contribution in [0.25, 0.3) is 11.3 Å². The summed E-state index contributed by atoms with van der Waals surface area (Å²) >= 11 is 1.51. The van der Waals surface area contributed by atoms with E-state index in [0.717, 1.165) is 17.2 Å². The molecule has 0 radical (unpaired) electrons. The van der Waals surface area contributed by atoms with Gasteiger partial charge in [0.15, 0.2) is 5.13 Å². The second-order valence-corrected chi connectivity index (χ2v) is 5.10. The molecule has 0 saturated heterocycles. The molecule has 0 aliphatic carbocycles. The summed E-state index contributed by atoms with van der Waals surface area (Å²) in [6.45, 7) is 6.05. The Balaban J connectivity index is 2.29. The van der Waals surface area contributed by atoms with Gasteiger partial charge in [0.2, 0.25) is 0 Å². The molecule has 2 rings (SSSR count). The van der Waals surface area contributed by atoms with Crippen LogP contribution >= 0.6 is 11.3 Å². The predicted molar refractivity (Wildman–Crippen MR) is 74.1 cm³/mol. The highest BCUT2D eigenvalue weighted by Crippen LogP contribution is 2.23. The van der Waals surface area contributed by atoms with E-state index < -0.39 is 0 Å². The molecule has 96 valence electrons. The van der Waals surface area contributed by atoms with Gasteiger partial charge in [-0.1, -0.05) is 6.92 Å². The molecule has 0 saturated carbocycles. The van der Waals surface area contributed by atoms with E-state index in [1.165, 1.54) is 11.3 Å². The Bertz CT molecular complexity index is 590. The number of hydrogen-bond donors (Lipinski definition) is 2. The van der Waals surface area contributed by atoms with Crippen LogP contribution in [-0.4, -0.2) is 21.2 Å². The number of aryl methyl sites for hydroxylation is 1. The lowest BCUT2D eigenvalue weighted by Crippen LogP contribution is -2.13. The van der Waals surface area contributed by atoms with Crippen molar-refractivity contribution in [1.82, 2.24) is 15.2 Å². The number of nitrogens with zero attached hydrogens (tertiary/aromatic N) is 2. The molecule has 0 spiro atoms. The molecular weight excluding hydrogens is 248 g/mol. The maximum Gasteiger partial charge on any atom is 0.273 e. The van der Waals surface area contributed by atoms with Crippen LogP contribution < -0.4 is 10.9 Å². The van der Waals surface area contributed by atoms with Crippen molar-refractivity contribution in [2.45, 2.75) is 33.2 Å².